The summed E-state index contributed by atoms with van der Waals surface area (Å²) in [4.78, 5) is 3.09. The highest BCUT2D eigenvalue weighted by Crippen LogP contribution is 2.57. The largest absolute Gasteiger partial charge is 0.368 e. The topological polar surface area (TPSA) is 3.24 Å². The molecule has 0 radical (unpaired) electrons. The zero-order chi connectivity index (χ0) is 14.5. The van der Waals surface area contributed by atoms with Crippen LogP contribution in [0.5, 0.6) is 0 Å². The molecule has 3 fully saturated rings. The molecule has 0 aromatic heterocycles. The van der Waals surface area contributed by atoms with E-state index in [-0.39, 0.29) is 0 Å². The van der Waals surface area contributed by atoms with E-state index in [0.717, 1.165) is 29.8 Å². The van der Waals surface area contributed by atoms with Crippen molar-refractivity contribution in [2.45, 2.75) is 102 Å². The Morgan fingerprint density at radius 3 is 2.18 bits per heavy atom. The minimum atomic E-state index is 0.924. The highest BCUT2D eigenvalue weighted by Gasteiger charge is 2.51. The van der Waals surface area contributed by atoms with Crippen molar-refractivity contribution in [1.82, 2.24) is 4.90 Å². The summed E-state index contributed by atoms with van der Waals surface area (Å²) in [5.41, 5.74) is 3.95. The average Bonchev–Trinajstić information content (AvgIpc) is 3.10. The molecule has 0 spiro atoms. The van der Waals surface area contributed by atoms with Crippen molar-refractivity contribution in [3.05, 3.63) is 11.3 Å². The van der Waals surface area contributed by atoms with Crippen LogP contribution < -0.4 is 0 Å². The highest BCUT2D eigenvalue weighted by molar-refractivity contribution is 5.35. The van der Waals surface area contributed by atoms with Gasteiger partial charge in [0.05, 0.1) is 0 Å². The van der Waals surface area contributed by atoms with E-state index >= 15 is 0 Å². The molecule has 122 valence electrons. The normalized spacial score (nSPS) is 42.3. The van der Waals surface area contributed by atoms with Crippen LogP contribution in [0.4, 0.5) is 0 Å². The predicted octanol–water partition coefficient (Wildman–Crippen LogP) is 5.66. The molecule has 3 saturated carbocycles. The summed E-state index contributed by atoms with van der Waals surface area (Å²) < 4.78 is 0. The Balaban J connectivity index is 1.50. The Hall–Kier alpha value is -0.460. The van der Waals surface area contributed by atoms with Gasteiger partial charge in [0.15, 0.2) is 0 Å². The van der Waals surface area contributed by atoms with Crippen LogP contribution in [0.2, 0.25) is 0 Å². The highest BCUT2D eigenvalue weighted by atomic mass is 15.2. The van der Waals surface area contributed by atoms with Crippen molar-refractivity contribution >= 4 is 0 Å². The third-order valence-corrected chi connectivity index (χ3v) is 7.85. The minimum absolute atomic E-state index is 0.924. The van der Waals surface area contributed by atoms with Crippen LogP contribution in [0.1, 0.15) is 89.9 Å². The third kappa shape index (κ3) is 2.03. The summed E-state index contributed by atoms with van der Waals surface area (Å²) in [7, 11) is 0. The molecular weight excluding hydrogens is 266 g/mol. The maximum atomic E-state index is 3.09. The summed E-state index contributed by atoms with van der Waals surface area (Å²) in [6.07, 6.45) is 21.1. The molecule has 0 aromatic carbocycles. The number of rotatable bonds is 1. The smallest absolute Gasteiger partial charge is 0.0356 e. The SMILES string of the molecule is C1CCC(N2C3=C(CC4CCCCC34)C3CCCCC32)CC1. The molecule has 1 heterocycles. The van der Waals surface area contributed by atoms with Gasteiger partial charge >= 0.3 is 0 Å². The third-order valence-electron chi connectivity index (χ3n) is 7.85. The first-order chi connectivity index (χ1) is 10.9. The van der Waals surface area contributed by atoms with Crippen molar-refractivity contribution in [2.75, 3.05) is 0 Å². The molecule has 4 atom stereocenters. The average molecular weight is 300 g/mol. The molecule has 0 saturated heterocycles. The van der Waals surface area contributed by atoms with Gasteiger partial charge in [0.1, 0.15) is 0 Å². The van der Waals surface area contributed by atoms with Crippen LogP contribution in [0.15, 0.2) is 11.3 Å². The first kappa shape index (κ1) is 13.9. The second-order valence-electron chi connectivity index (χ2n) is 8.92. The van der Waals surface area contributed by atoms with E-state index in [1.165, 1.54) is 89.9 Å². The van der Waals surface area contributed by atoms with Gasteiger partial charge < -0.3 is 4.90 Å². The Bertz CT molecular complexity index is 457. The summed E-state index contributed by atoms with van der Waals surface area (Å²) in [6, 6.07) is 1.86. The zero-order valence-corrected chi connectivity index (χ0v) is 14.2. The monoisotopic (exact) mass is 299 g/mol. The lowest BCUT2D eigenvalue weighted by Crippen LogP contribution is -2.46. The van der Waals surface area contributed by atoms with Crippen LogP contribution in [0.25, 0.3) is 0 Å². The molecule has 22 heavy (non-hydrogen) atoms. The molecule has 5 rings (SSSR count). The summed E-state index contributed by atoms with van der Waals surface area (Å²) in [5.74, 6) is 3.01. The maximum Gasteiger partial charge on any atom is 0.0356 e. The molecule has 5 aliphatic rings. The Kier molecular flexibility index (Phi) is 3.52. The molecule has 1 nitrogen and oxygen atoms in total. The number of hydrogen-bond donors (Lipinski definition) is 0. The quantitative estimate of drug-likeness (QED) is 0.604. The number of allylic oxidation sites excluding steroid dienone is 1. The first-order valence-corrected chi connectivity index (χ1v) is 10.4. The van der Waals surface area contributed by atoms with Crippen LogP contribution in [-0.2, 0) is 0 Å². The van der Waals surface area contributed by atoms with Crippen LogP contribution in [-0.4, -0.2) is 17.0 Å². The predicted molar refractivity (Wildman–Crippen MR) is 91.5 cm³/mol. The van der Waals surface area contributed by atoms with Gasteiger partial charge in [-0.05, 0) is 56.4 Å². The van der Waals surface area contributed by atoms with Gasteiger partial charge in [-0.3, -0.25) is 0 Å². The summed E-state index contributed by atoms with van der Waals surface area (Å²) >= 11 is 0. The van der Waals surface area contributed by atoms with Crippen molar-refractivity contribution in [2.24, 2.45) is 17.8 Å². The standard InChI is InChI=1S/C21H33N/c1-2-9-16(10-3-1)22-20-13-7-6-12-18(20)19-14-15-8-4-5-11-17(15)21(19)22/h15-18,20H,1-14H2. The zero-order valence-electron chi connectivity index (χ0n) is 14.2. The van der Waals surface area contributed by atoms with E-state index in [0.29, 0.717) is 0 Å². The number of fused-ring (bicyclic) bond motifs is 4. The fourth-order valence-corrected chi connectivity index (χ4v) is 6.99. The molecule has 1 heteroatoms. The van der Waals surface area contributed by atoms with Crippen LogP contribution in [0, 0.1) is 17.8 Å². The molecule has 1 aliphatic heterocycles. The van der Waals surface area contributed by atoms with Gasteiger partial charge in [0.25, 0.3) is 0 Å². The Morgan fingerprint density at radius 2 is 1.32 bits per heavy atom. The number of likely N-dealkylation sites (tertiary alicyclic amines) is 1. The molecule has 4 unspecified atom stereocenters. The van der Waals surface area contributed by atoms with Gasteiger partial charge in [-0.25, -0.2) is 0 Å². The van der Waals surface area contributed by atoms with Crippen LogP contribution >= 0.6 is 0 Å². The lowest BCUT2D eigenvalue weighted by molar-refractivity contribution is 0.0873. The van der Waals surface area contributed by atoms with E-state index < -0.39 is 0 Å². The van der Waals surface area contributed by atoms with Crippen molar-refractivity contribution < 1.29 is 0 Å². The van der Waals surface area contributed by atoms with E-state index in [4.69, 9.17) is 0 Å². The lowest BCUT2D eigenvalue weighted by atomic mass is 9.76. The van der Waals surface area contributed by atoms with E-state index in [1.54, 1.807) is 0 Å². The van der Waals surface area contributed by atoms with E-state index in [1.807, 2.05) is 11.3 Å². The Labute approximate surface area is 136 Å². The van der Waals surface area contributed by atoms with Gasteiger partial charge in [0.2, 0.25) is 0 Å². The van der Waals surface area contributed by atoms with Crippen molar-refractivity contribution in [1.29, 1.82) is 0 Å². The van der Waals surface area contributed by atoms with Gasteiger partial charge in [-0.2, -0.15) is 0 Å². The Morgan fingerprint density at radius 1 is 0.636 bits per heavy atom. The number of nitrogens with zero attached hydrogens (tertiary/aromatic N) is 1. The lowest BCUT2D eigenvalue weighted by Gasteiger charge is -2.45. The van der Waals surface area contributed by atoms with Gasteiger partial charge in [0, 0.05) is 29.6 Å². The van der Waals surface area contributed by atoms with E-state index in [9.17, 15) is 0 Å². The first-order valence-electron chi connectivity index (χ1n) is 10.4. The second-order valence-corrected chi connectivity index (χ2v) is 8.92. The number of hydrogen-bond acceptors (Lipinski definition) is 1. The molecule has 4 aliphatic carbocycles. The molecule has 0 bridgehead atoms. The van der Waals surface area contributed by atoms with Crippen molar-refractivity contribution in [3.8, 4) is 0 Å². The van der Waals surface area contributed by atoms with Gasteiger partial charge in [-0.15, -0.1) is 0 Å². The molecular formula is C21H33N. The molecule has 0 amide bonds. The van der Waals surface area contributed by atoms with Crippen LogP contribution in [0.3, 0.4) is 0 Å². The summed E-state index contributed by atoms with van der Waals surface area (Å²) in [6.45, 7) is 0. The molecule has 0 N–H and O–H groups in total. The fraction of sp³-hybridized carbons (Fsp3) is 0.905. The maximum absolute atomic E-state index is 3.09. The van der Waals surface area contributed by atoms with Gasteiger partial charge in [-0.1, -0.05) is 44.9 Å². The van der Waals surface area contributed by atoms with Crippen molar-refractivity contribution in [3.63, 3.8) is 0 Å². The fourth-order valence-electron chi connectivity index (χ4n) is 6.99. The summed E-state index contributed by atoms with van der Waals surface area (Å²) in [5, 5.41) is 0. The second kappa shape index (κ2) is 5.56. The molecule has 0 aromatic rings. The minimum Gasteiger partial charge on any atom is -0.368 e. The van der Waals surface area contributed by atoms with E-state index in [2.05, 4.69) is 4.90 Å².